The molecule has 1 unspecified atom stereocenters. The van der Waals surface area contributed by atoms with Crippen LogP contribution >= 0.6 is 0 Å². The molecular formula is C7H16N2O2. The number of rotatable bonds is 4. The van der Waals surface area contributed by atoms with E-state index >= 15 is 0 Å². The molecule has 0 heterocycles. The fraction of sp³-hybridized carbons (Fsp3) is 0.857. The summed E-state index contributed by atoms with van der Waals surface area (Å²) in [4.78, 5) is 10.7. The molecule has 0 saturated carbocycles. The van der Waals surface area contributed by atoms with Crippen molar-refractivity contribution < 1.29 is 9.53 Å². The van der Waals surface area contributed by atoms with Gasteiger partial charge in [-0.1, -0.05) is 13.8 Å². The number of nitrogens with one attached hydrogen (secondary N) is 1. The number of methoxy groups -OCH3 is 1. The zero-order valence-corrected chi connectivity index (χ0v) is 7.26. The van der Waals surface area contributed by atoms with E-state index in [0.29, 0.717) is 12.6 Å². The van der Waals surface area contributed by atoms with Gasteiger partial charge in [0, 0.05) is 12.6 Å². The van der Waals surface area contributed by atoms with Crippen molar-refractivity contribution in [3.63, 3.8) is 0 Å². The average Bonchev–Trinajstić information content (AvgIpc) is 1.98. The molecule has 4 heteroatoms. The number of hydrogen-bond donors (Lipinski definition) is 2. The van der Waals surface area contributed by atoms with E-state index in [0.717, 1.165) is 0 Å². The molecule has 0 aliphatic rings. The number of nitrogens with two attached hydrogens (primary N) is 1. The second-order valence-electron chi connectivity index (χ2n) is 2.69. The lowest BCUT2D eigenvalue weighted by molar-refractivity contribution is -0.142. The normalized spacial score (nSPS) is 13.2. The predicted octanol–water partition coefficient (Wildman–Crippen LogP) is -0.515. The Bertz CT molecular complexity index is 126. The highest BCUT2D eigenvalue weighted by Crippen LogP contribution is 1.83. The number of esters is 1. The van der Waals surface area contributed by atoms with Crippen LogP contribution in [0.4, 0.5) is 0 Å². The van der Waals surface area contributed by atoms with E-state index in [-0.39, 0.29) is 5.97 Å². The Hall–Kier alpha value is -0.610. The van der Waals surface area contributed by atoms with Crippen LogP contribution in [0.15, 0.2) is 0 Å². The second-order valence-corrected chi connectivity index (χ2v) is 2.69. The standard InChI is InChI=1S/C7H16N2O2/c1-5(2)9-4-6(8)7(10)11-3/h5-6,9H,4,8H2,1-3H3. The Morgan fingerprint density at radius 1 is 1.64 bits per heavy atom. The molecule has 3 N–H and O–H groups in total. The average molecular weight is 160 g/mol. The van der Waals surface area contributed by atoms with Crippen LogP contribution < -0.4 is 11.1 Å². The minimum atomic E-state index is -0.553. The summed E-state index contributed by atoms with van der Waals surface area (Å²) in [6.45, 7) is 4.44. The van der Waals surface area contributed by atoms with Crippen molar-refractivity contribution in [2.24, 2.45) is 5.73 Å². The van der Waals surface area contributed by atoms with Gasteiger partial charge in [-0.25, -0.2) is 0 Å². The van der Waals surface area contributed by atoms with Gasteiger partial charge < -0.3 is 15.8 Å². The van der Waals surface area contributed by atoms with Gasteiger partial charge in [0.1, 0.15) is 6.04 Å². The molecule has 11 heavy (non-hydrogen) atoms. The third kappa shape index (κ3) is 4.75. The summed E-state index contributed by atoms with van der Waals surface area (Å²) in [7, 11) is 1.33. The summed E-state index contributed by atoms with van der Waals surface area (Å²) in [5.41, 5.74) is 5.44. The monoisotopic (exact) mass is 160 g/mol. The molecule has 0 radical (unpaired) electrons. The zero-order valence-electron chi connectivity index (χ0n) is 7.26. The van der Waals surface area contributed by atoms with Crippen molar-refractivity contribution in [1.82, 2.24) is 5.32 Å². The first-order chi connectivity index (χ1) is 5.07. The number of ether oxygens (including phenoxy) is 1. The van der Waals surface area contributed by atoms with Gasteiger partial charge in [0.05, 0.1) is 7.11 Å². The first-order valence-corrected chi connectivity index (χ1v) is 3.64. The molecule has 66 valence electrons. The van der Waals surface area contributed by atoms with Crippen LogP contribution in [0.5, 0.6) is 0 Å². The van der Waals surface area contributed by atoms with E-state index < -0.39 is 6.04 Å². The van der Waals surface area contributed by atoms with Gasteiger partial charge in [-0.05, 0) is 0 Å². The van der Waals surface area contributed by atoms with Gasteiger partial charge in [0.25, 0.3) is 0 Å². The molecule has 0 aliphatic carbocycles. The molecule has 0 amide bonds. The third-order valence-electron chi connectivity index (χ3n) is 1.25. The molecule has 4 nitrogen and oxygen atoms in total. The van der Waals surface area contributed by atoms with Crippen LogP contribution in [0.25, 0.3) is 0 Å². The summed E-state index contributed by atoms with van der Waals surface area (Å²) in [5, 5.41) is 3.03. The van der Waals surface area contributed by atoms with Gasteiger partial charge in [0.15, 0.2) is 0 Å². The SMILES string of the molecule is COC(=O)C(N)CNC(C)C. The van der Waals surface area contributed by atoms with Gasteiger partial charge in [-0.15, -0.1) is 0 Å². The Morgan fingerprint density at radius 3 is 2.55 bits per heavy atom. The fourth-order valence-corrected chi connectivity index (χ4v) is 0.597. The van der Waals surface area contributed by atoms with E-state index in [9.17, 15) is 4.79 Å². The highest BCUT2D eigenvalue weighted by Gasteiger charge is 2.12. The van der Waals surface area contributed by atoms with E-state index in [1.807, 2.05) is 13.8 Å². The first kappa shape index (κ1) is 10.4. The summed E-state index contributed by atoms with van der Waals surface area (Å²) in [6, 6.07) is -0.215. The minimum Gasteiger partial charge on any atom is -0.468 e. The highest BCUT2D eigenvalue weighted by atomic mass is 16.5. The number of carbonyl (C=O) groups is 1. The van der Waals surface area contributed by atoms with Crippen LogP contribution in [0.2, 0.25) is 0 Å². The Morgan fingerprint density at radius 2 is 2.18 bits per heavy atom. The Kier molecular flexibility index (Phi) is 4.81. The van der Waals surface area contributed by atoms with Crippen LogP contribution in [-0.4, -0.2) is 31.7 Å². The predicted molar refractivity (Wildman–Crippen MR) is 43.1 cm³/mol. The Balaban J connectivity index is 3.52. The van der Waals surface area contributed by atoms with E-state index in [4.69, 9.17) is 5.73 Å². The van der Waals surface area contributed by atoms with E-state index in [2.05, 4.69) is 10.1 Å². The third-order valence-corrected chi connectivity index (χ3v) is 1.25. The molecule has 0 aromatic rings. The van der Waals surface area contributed by atoms with Gasteiger partial charge >= 0.3 is 5.97 Å². The van der Waals surface area contributed by atoms with Crippen LogP contribution in [0.1, 0.15) is 13.8 Å². The Labute approximate surface area is 67.1 Å². The maximum atomic E-state index is 10.7. The molecule has 0 fully saturated rings. The van der Waals surface area contributed by atoms with Crippen molar-refractivity contribution in [3.8, 4) is 0 Å². The topological polar surface area (TPSA) is 64.3 Å². The summed E-state index contributed by atoms with van der Waals surface area (Å²) < 4.78 is 4.44. The smallest absolute Gasteiger partial charge is 0.323 e. The van der Waals surface area contributed by atoms with Crippen molar-refractivity contribution in [2.75, 3.05) is 13.7 Å². The fourth-order valence-electron chi connectivity index (χ4n) is 0.597. The first-order valence-electron chi connectivity index (χ1n) is 3.64. The molecule has 0 aliphatic heterocycles. The lowest BCUT2D eigenvalue weighted by Crippen LogP contribution is -2.43. The molecule has 0 rings (SSSR count). The minimum absolute atomic E-state index is 0.339. The van der Waals surface area contributed by atoms with Crippen molar-refractivity contribution in [1.29, 1.82) is 0 Å². The van der Waals surface area contributed by atoms with E-state index in [1.54, 1.807) is 0 Å². The number of hydrogen-bond acceptors (Lipinski definition) is 4. The summed E-state index contributed by atoms with van der Waals surface area (Å²) in [5.74, 6) is -0.377. The second kappa shape index (κ2) is 5.09. The quantitative estimate of drug-likeness (QED) is 0.543. The maximum Gasteiger partial charge on any atom is 0.323 e. The summed E-state index contributed by atoms with van der Waals surface area (Å²) in [6.07, 6.45) is 0. The van der Waals surface area contributed by atoms with Crippen molar-refractivity contribution >= 4 is 5.97 Å². The molecule has 0 spiro atoms. The molecular weight excluding hydrogens is 144 g/mol. The van der Waals surface area contributed by atoms with Crippen molar-refractivity contribution in [3.05, 3.63) is 0 Å². The molecule has 1 atom stereocenters. The van der Waals surface area contributed by atoms with E-state index in [1.165, 1.54) is 7.11 Å². The van der Waals surface area contributed by atoms with Gasteiger partial charge in [-0.3, -0.25) is 4.79 Å². The lowest BCUT2D eigenvalue weighted by atomic mass is 10.3. The summed E-state index contributed by atoms with van der Waals surface area (Å²) >= 11 is 0. The zero-order chi connectivity index (χ0) is 8.85. The maximum absolute atomic E-state index is 10.7. The van der Waals surface area contributed by atoms with Gasteiger partial charge in [0.2, 0.25) is 0 Å². The molecule has 0 bridgehead atoms. The van der Waals surface area contributed by atoms with Crippen LogP contribution in [-0.2, 0) is 9.53 Å². The van der Waals surface area contributed by atoms with Crippen LogP contribution in [0.3, 0.4) is 0 Å². The molecule has 0 saturated heterocycles. The molecule has 0 aromatic heterocycles. The molecule has 0 aromatic carbocycles. The lowest BCUT2D eigenvalue weighted by Gasteiger charge is -2.12. The van der Waals surface area contributed by atoms with Crippen LogP contribution in [0, 0.1) is 0 Å². The highest BCUT2D eigenvalue weighted by molar-refractivity contribution is 5.75. The van der Waals surface area contributed by atoms with Crippen molar-refractivity contribution in [2.45, 2.75) is 25.9 Å². The number of carbonyl (C=O) groups excluding carboxylic acids is 1. The largest absolute Gasteiger partial charge is 0.468 e. The van der Waals surface area contributed by atoms with Gasteiger partial charge in [-0.2, -0.15) is 0 Å².